The van der Waals surface area contributed by atoms with E-state index in [1.54, 1.807) is 0 Å². The van der Waals surface area contributed by atoms with Crippen LogP contribution in [0, 0.1) is 5.92 Å². The van der Waals surface area contributed by atoms with Gasteiger partial charge in [-0.2, -0.15) is 0 Å². The van der Waals surface area contributed by atoms with Crippen molar-refractivity contribution in [2.24, 2.45) is 5.92 Å². The lowest BCUT2D eigenvalue weighted by atomic mass is 9.95. The molecule has 0 spiro atoms. The minimum absolute atomic E-state index is 0.0882. The number of hydrogen-bond donors (Lipinski definition) is 0. The Kier molecular flexibility index (Phi) is 5.99. The summed E-state index contributed by atoms with van der Waals surface area (Å²) in [5, 5.41) is 0. The van der Waals surface area contributed by atoms with Gasteiger partial charge in [0.25, 0.3) is 0 Å². The molecule has 2 aliphatic rings. The summed E-state index contributed by atoms with van der Waals surface area (Å²) < 4.78 is 30.6. The molecule has 0 radical (unpaired) electrons. The number of nitrogens with zero attached hydrogens (tertiary/aromatic N) is 2. The fourth-order valence-corrected chi connectivity index (χ4v) is 4.59. The zero-order valence-electron chi connectivity index (χ0n) is 15.6. The summed E-state index contributed by atoms with van der Waals surface area (Å²) in [4.78, 5) is 14.8. The highest BCUT2D eigenvalue weighted by Crippen LogP contribution is 2.26. The molecule has 1 aromatic rings. The van der Waals surface area contributed by atoms with Crippen LogP contribution in [0.2, 0.25) is 0 Å². The number of morpholine rings is 1. The highest BCUT2D eigenvalue weighted by atomic mass is 32.2. The standard InChI is InChI=1S/C19H28N2O4S/c1-3-15-4-6-16(7-5-15)18-14-20(12-13-25-18)19(22)17-8-10-21(11-9-17)26(2,23)24/h4-7,17-18H,3,8-14H2,1-2H3. The van der Waals surface area contributed by atoms with Crippen LogP contribution in [0.5, 0.6) is 0 Å². The number of benzene rings is 1. The van der Waals surface area contributed by atoms with Gasteiger partial charge in [-0.05, 0) is 30.4 Å². The predicted molar refractivity (Wildman–Crippen MR) is 100 cm³/mol. The number of carbonyl (C=O) groups is 1. The maximum absolute atomic E-state index is 12.9. The number of ether oxygens (including phenoxy) is 1. The van der Waals surface area contributed by atoms with E-state index < -0.39 is 10.0 Å². The molecule has 2 aliphatic heterocycles. The van der Waals surface area contributed by atoms with Crippen molar-refractivity contribution in [3.05, 3.63) is 35.4 Å². The molecule has 3 rings (SSSR count). The van der Waals surface area contributed by atoms with Crippen molar-refractivity contribution >= 4 is 15.9 Å². The molecule has 0 saturated carbocycles. The number of hydrogen-bond acceptors (Lipinski definition) is 4. The molecule has 0 aromatic heterocycles. The second-order valence-corrected chi connectivity index (χ2v) is 9.16. The molecular formula is C19H28N2O4S. The Hall–Kier alpha value is -1.44. The normalized spacial score (nSPS) is 23.2. The quantitative estimate of drug-likeness (QED) is 0.799. The highest BCUT2D eigenvalue weighted by Gasteiger charge is 2.33. The number of carbonyl (C=O) groups excluding carboxylic acids is 1. The first-order valence-corrected chi connectivity index (χ1v) is 11.2. The number of rotatable bonds is 4. The van der Waals surface area contributed by atoms with Crippen molar-refractivity contribution in [3.8, 4) is 0 Å². The molecule has 6 nitrogen and oxygen atoms in total. The molecular weight excluding hydrogens is 352 g/mol. The van der Waals surface area contributed by atoms with E-state index in [0.717, 1.165) is 12.0 Å². The first-order valence-electron chi connectivity index (χ1n) is 9.33. The summed E-state index contributed by atoms with van der Waals surface area (Å²) in [7, 11) is -3.16. The highest BCUT2D eigenvalue weighted by molar-refractivity contribution is 7.88. The van der Waals surface area contributed by atoms with Crippen molar-refractivity contribution in [3.63, 3.8) is 0 Å². The average Bonchev–Trinajstić information content (AvgIpc) is 2.67. The Morgan fingerprint density at radius 3 is 2.38 bits per heavy atom. The van der Waals surface area contributed by atoms with Gasteiger partial charge in [-0.15, -0.1) is 0 Å². The molecule has 1 atom stereocenters. The van der Waals surface area contributed by atoms with Crippen LogP contribution in [0.25, 0.3) is 0 Å². The minimum atomic E-state index is -3.16. The maximum atomic E-state index is 12.9. The van der Waals surface area contributed by atoms with Gasteiger partial charge in [0.2, 0.25) is 15.9 Å². The van der Waals surface area contributed by atoms with Crippen LogP contribution in [0.1, 0.15) is 37.0 Å². The molecule has 1 unspecified atom stereocenters. The van der Waals surface area contributed by atoms with Crippen LogP contribution >= 0.6 is 0 Å². The lowest BCUT2D eigenvalue weighted by Crippen LogP contribution is -2.48. The van der Waals surface area contributed by atoms with Gasteiger partial charge < -0.3 is 9.64 Å². The SMILES string of the molecule is CCc1ccc(C2CN(C(=O)C3CCN(S(C)(=O)=O)CC3)CCO2)cc1. The molecule has 0 N–H and O–H groups in total. The van der Waals surface area contributed by atoms with Crippen molar-refractivity contribution < 1.29 is 17.9 Å². The summed E-state index contributed by atoms with van der Waals surface area (Å²) in [5.41, 5.74) is 2.39. The van der Waals surface area contributed by atoms with E-state index in [1.807, 2.05) is 4.90 Å². The lowest BCUT2D eigenvalue weighted by Gasteiger charge is -2.37. The van der Waals surface area contributed by atoms with Gasteiger partial charge in [0, 0.05) is 25.6 Å². The summed E-state index contributed by atoms with van der Waals surface area (Å²) >= 11 is 0. The van der Waals surface area contributed by atoms with E-state index >= 15 is 0 Å². The average molecular weight is 381 g/mol. The molecule has 0 aliphatic carbocycles. The van der Waals surface area contributed by atoms with E-state index in [1.165, 1.54) is 16.1 Å². The molecule has 2 saturated heterocycles. The zero-order valence-corrected chi connectivity index (χ0v) is 16.4. The van der Waals surface area contributed by atoms with Crippen molar-refractivity contribution in [1.29, 1.82) is 0 Å². The Balaban J connectivity index is 1.59. The van der Waals surface area contributed by atoms with Crippen molar-refractivity contribution in [2.45, 2.75) is 32.3 Å². The van der Waals surface area contributed by atoms with Gasteiger partial charge in [-0.1, -0.05) is 31.2 Å². The zero-order chi connectivity index (χ0) is 18.7. The Morgan fingerprint density at radius 1 is 1.15 bits per heavy atom. The molecule has 2 heterocycles. The number of aryl methyl sites for hydroxylation is 1. The largest absolute Gasteiger partial charge is 0.370 e. The van der Waals surface area contributed by atoms with E-state index in [9.17, 15) is 13.2 Å². The summed E-state index contributed by atoms with van der Waals surface area (Å²) in [6.07, 6.45) is 3.33. The van der Waals surface area contributed by atoms with Crippen LogP contribution in [0.4, 0.5) is 0 Å². The summed E-state index contributed by atoms with van der Waals surface area (Å²) in [6.45, 7) is 4.70. The predicted octanol–water partition coefficient (Wildman–Crippen LogP) is 1.82. The van der Waals surface area contributed by atoms with Crippen molar-refractivity contribution in [1.82, 2.24) is 9.21 Å². The second-order valence-electron chi connectivity index (χ2n) is 7.18. The Labute approximate surface area is 156 Å². The maximum Gasteiger partial charge on any atom is 0.225 e. The Morgan fingerprint density at radius 2 is 1.81 bits per heavy atom. The van der Waals surface area contributed by atoms with Crippen LogP contribution in [-0.4, -0.2) is 62.6 Å². The van der Waals surface area contributed by atoms with Crippen LogP contribution in [-0.2, 0) is 26.0 Å². The first kappa shape index (κ1) is 19.3. The molecule has 144 valence electrons. The summed E-state index contributed by atoms with van der Waals surface area (Å²) in [5.74, 6) is 0.0471. The number of amides is 1. The fraction of sp³-hybridized carbons (Fsp3) is 0.632. The lowest BCUT2D eigenvalue weighted by molar-refractivity contribution is -0.144. The fourth-order valence-electron chi connectivity index (χ4n) is 3.71. The van der Waals surface area contributed by atoms with Gasteiger partial charge in [0.05, 0.1) is 19.4 Å². The number of piperidine rings is 1. The van der Waals surface area contributed by atoms with Gasteiger partial charge in [0.1, 0.15) is 6.10 Å². The second kappa shape index (κ2) is 8.06. The van der Waals surface area contributed by atoms with Gasteiger partial charge in [-0.25, -0.2) is 12.7 Å². The third kappa shape index (κ3) is 4.45. The van der Waals surface area contributed by atoms with E-state index in [2.05, 4.69) is 31.2 Å². The van der Waals surface area contributed by atoms with Crippen LogP contribution in [0.3, 0.4) is 0 Å². The molecule has 7 heteroatoms. The molecule has 1 amide bonds. The third-order valence-corrected chi connectivity index (χ3v) is 6.71. The van der Waals surface area contributed by atoms with Crippen molar-refractivity contribution in [2.75, 3.05) is 39.0 Å². The molecule has 26 heavy (non-hydrogen) atoms. The van der Waals surface area contributed by atoms with E-state index in [0.29, 0.717) is 45.6 Å². The number of sulfonamides is 1. The monoisotopic (exact) mass is 380 g/mol. The Bertz CT molecular complexity index is 724. The van der Waals surface area contributed by atoms with Gasteiger partial charge >= 0.3 is 0 Å². The summed E-state index contributed by atoms with van der Waals surface area (Å²) in [6, 6.07) is 8.39. The molecule has 0 bridgehead atoms. The topological polar surface area (TPSA) is 66.9 Å². The van der Waals surface area contributed by atoms with Gasteiger partial charge in [0.15, 0.2) is 0 Å². The molecule has 2 fully saturated rings. The third-order valence-electron chi connectivity index (χ3n) is 5.41. The van der Waals surface area contributed by atoms with Crippen LogP contribution < -0.4 is 0 Å². The molecule has 1 aromatic carbocycles. The first-order chi connectivity index (χ1) is 12.4. The van der Waals surface area contributed by atoms with E-state index in [-0.39, 0.29) is 17.9 Å². The minimum Gasteiger partial charge on any atom is -0.370 e. The van der Waals surface area contributed by atoms with E-state index in [4.69, 9.17) is 4.74 Å². The van der Waals surface area contributed by atoms with Gasteiger partial charge in [-0.3, -0.25) is 4.79 Å². The van der Waals surface area contributed by atoms with Crippen LogP contribution in [0.15, 0.2) is 24.3 Å². The smallest absolute Gasteiger partial charge is 0.225 e.